The molecule has 0 amide bonds. The number of hydrogen-bond donors (Lipinski definition) is 1. The fourth-order valence-corrected chi connectivity index (χ4v) is 3.75. The zero-order chi connectivity index (χ0) is 18.8. The number of hydrogen-bond acceptors (Lipinski definition) is 6. The van der Waals surface area contributed by atoms with Gasteiger partial charge < -0.3 is 10.1 Å². The van der Waals surface area contributed by atoms with Gasteiger partial charge in [0.2, 0.25) is 0 Å². The first-order valence-corrected chi connectivity index (χ1v) is 9.86. The summed E-state index contributed by atoms with van der Waals surface area (Å²) in [5.41, 5.74) is 4.92. The lowest BCUT2D eigenvalue weighted by molar-refractivity contribution is 0.0398. The van der Waals surface area contributed by atoms with Crippen molar-refractivity contribution in [1.82, 2.24) is 24.5 Å². The van der Waals surface area contributed by atoms with E-state index in [1.165, 1.54) is 5.56 Å². The maximum absolute atomic E-state index is 5.43. The topological polar surface area (TPSA) is 67.6 Å². The monoisotopic (exact) mass is 368 g/mol. The number of aryl methyl sites for hydroxylation is 3. The van der Waals surface area contributed by atoms with E-state index in [0.717, 1.165) is 86.1 Å². The van der Waals surface area contributed by atoms with Crippen LogP contribution < -0.4 is 5.32 Å². The molecule has 0 aromatic carbocycles. The van der Waals surface area contributed by atoms with Crippen LogP contribution in [-0.4, -0.2) is 63.9 Å². The van der Waals surface area contributed by atoms with Crippen LogP contribution in [0.2, 0.25) is 0 Å². The minimum atomic E-state index is 0.768. The summed E-state index contributed by atoms with van der Waals surface area (Å²) in [6.45, 7) is 11.8. The van der Waals surface area contributed by atoms with E-state index in [4.69, 9.17) is 14.8 Å². The first-order valence-electron chi connectivity index (χ1n) is 9.86. The molecular weight excluding hydrogens is 340 g/mol. The van der Waals surface area contributed by atoms with Gasteiger partial charge in [0.1, 0.15) is 5.82 Å². The largest absolute Gasteiger partial charge is 0.379 e. The molecule has 4 rings (SSSR count). The fraction of sp³-hybridized carbons (Fsp3) is 0.550. The van der Waals surface area contributed by atoms with Crippen molar-refractivity contribution >= 4 is 22.5 Å². The second-order valence-corrected chi connectivity index (χ2v) is 7.28. The molecule has 1 N–H and O–H groups in total. The number of anilines is 1. The van der Waals surface area contributed by atoms with E-state index in [-0.39, 0.29) is 0 Å². The third-order valence-corrected chi connectivity index (χ3v) is 5.07. The average Bonchev–Trinajstić information content (AvgIpc) is 3.01. The molecule has 1 aliphatic rings. The Morgan fingerprint density at radius 2 is 1.96 bits per heavy atom. The number of rotatable bonds is 6. The summed E-state index contributed by atoms with van der Waals surface area (Å²) in [7, 11) is 0. The number of morpholine rings is 1. The molecule has 0 aliphatic carbocycles. The summed E-state index contributed by atoms with van der Waals surface area (Å²) < 4.78 is 7.35. The molecule has 0 spiro atoms. The third-order valence-electron chi connectivity index (χ3n) is 5.07. The quantitative estimate of drug-likeness (QED) is 0.721. The molecule has 0 unspecified atom stereocenters. The molecule has 3 aromatic heterocycles. The van der Waals surface area contributed by atoms with Crippen molar-refractivity contribution in [3.63, 3.8) is 0 Å². The highest BCUT2D eigenvalue weighted by molar-refractivity contribution is 5.93. The van der Waals surface area contributed by atoms with E-state index < -0.39 is 0 Å². The Hall–Kier alpha value is -2.25. The van der Waals surface area contributed by atoms with E-state index in [1.54, 1.807) is 0 Å². The lowest BCUT2D eigenvalue weighted by atomic mass is 10.2. The minimum absolute atomic E-state index is 0.768. The van der Waals surface area contributed by atoms with E-state index in [1.807, 2.05) is 11.4 Å². The molecule has 1 fully saturated rings. The molecule has 1 saturated heterocycles. The molecule has 4 heterocycles. The normalized spacial score (nSPS) is 15.7. The Balaban J connectivity index is 1.68. The van der Waals surface area contributed by atoms with Crippen molar-refractivity contribution in [2.24, 2.45) is 0 Å². The van der Waals surface area contributed by atoms with Gasteiger partial charge in [0.25, 0.3) is 0 Å². The van der Waals surface area contributed by atoms with Crippen LogP contribution in [0.1, 0.15) is 30.3 Å². The maximum atomic E-state index is 5.43. The standard InChI is InChI=1S/C20H28N6O/c1-4-5-16-13-17(21-6-7-25-8-10-27-11-9-25)26-20(23-16)18-14(2)12-15(3)22-19(18)24-26/h12-13,21H,4-11H2,1-3H3. The summed E-state index contributed by atoms with van der Waals surface area (Å²) in [6, 6.07) is 4.23. The van der Waals surface area contributed by atoms with Gasteiger partial charge in [-0.2, -0.15) is 4.52 Å². The zero-order valence-electron chi connectivity index (χ0n) is 16.5. The Bertz CT molecular complexity index is 945. The van der Waals surface area contributed by atoms with Gasteiger partial charge in [-0.15, -0.1) is 5.10 Å². The van der Waals surface area contributed by atoms with Gasteiger partial charge in [-0.1, -0.05) is 13.3 Å². The number of nitrogens with zero attached hydrogens (tertiary/aromatic N) is 5. The van der Waals surface area contributed by atoms with Crippen molar-refractivity contribution in [3.05, 3.63) is 29.1 Å². The fourth-order valence-electron chi connectivity index (χ4n) is 3.75. The predicted octanol–water partition coefficient (Wildman–Crippen LogP) is 2.59. The van der Waals surface area contributed by atoms with Crippen LogP contribution in [0, 0.1) is 13.8 Å². The summed E-state index contributed by atoms with van der Waals surface area (Å²) in [5, 5.41) is 9.38. The Labute approximate surface area is 159 Å². The highest BCUT2D eigenvalue weighted by Gasteiger charge is 2.16. The second-order valence-electron chi connectivity index (χ2n) is 7.28. The molecule has 0 atom stereocenters. The summed E-state index contributed by atoms with van der Waals surface area (Å²) in [6.07, 6.45) is 2.03. The summed E-state index contributed by atoms with van der Waals surface area (Å²) in [5.74, 6) is 0.992. The third kappa shape index (κ3) is 3.75. The van der Waals surface area contributed by atoms with E-state index in [9.17, 15) is 0 Å². The van der Waals surface area contributed by atoms with Crippen molar-refractivity contribution in [2.45, 2.75) is 33.6 Å². The van der Waals surface area contributed by atoms with Crippen molar-refractivity contribution in [3.8, 4) is 0 Å². The van der Waals surface area contributed by atoms with E-state index in [2.05, 4.69) is 41.2 Å². The van der Waals surface area contributed by atoms with Gasteiger partial charge in [-0.3, -0.25) is 4.90 Å². The predicted molar refractivity (Wildman–Crippen MR) is 108 cm³/mol. The van der Waals surface area contributed by atoms with E-state index >= 15 is 0 Å². The first-order chi connectivity index (χ1) is 13.2. The number of nitrogens with one attached hydrogen (secondary N) is 1. The maximum Gasteiger partial charge on any atom is 0.184 e. The number of pyridine rings is 1. The highest BCUT2D eigenvalue weighted by atomic mass is 16.5. The molecule has 0 radical (unpaired) electrons. The number of aromatic nitrogens is 4. The molecule has 0 saturated carbocycles. The molecule has 144 valence electrons. The molecule has 3 aromatic rings. The Kier molecular flexibility index (Phi) is 5.22. The van der Waals surface area contributed by atoms with Gasteiger partial charge in [-0.25, -0.2) is 9.97 Å². The first kappa shape index (κ1) is 18.1. The molecule has 0 bridgehead atoms. The van der Waals surface area contributed by atoms with Crippen LogP contribution in [0.25, 0.3) is 16.7 Å². The Morgan fingerprint density at radius 3 is 2.74 bits per heavy atom. The van der Waals surface area contributed by atoms with Crippen LogP contribution in [0.3, 0.4) is 0 Å². The molecular formula is C20H28N6O. The van der Waals surface area contributed by atoms with Gasteiger partial charge in [0.15, 0.2) is 11.3 Å². The number of ether oxygens (including phenoxy) is 1. The average molecular weight is 368 g/mol. The molecule has 1 aliphatic heterocycles. The van der Waals surface area contributed by atoms with Crippen LogP contribution >= 0.6 is 0 Å². The van der Waals surface area contributed by atoms with Gasteiger partial charge in [-0.05, 0) is 31.9 Å². The smallest absolute Gasteiger partial charge is 0.184 e. The van der Waals surface area contributed by atoms with Crippen LogP contribution in [0.5, 0.6) is 0 Å². The van der Waals surface area contributed by atoms with Crippen molar-refractivity contribution < 1.29 is 4.74 Å². The summed E-state index contributed by atoms with van der Waals surface area (Å²) >= 11 is 0. The van der Waals surface area contributed by atoms with Crippen LogP contribution in [-0.2, 0) is 11.2 Å². The Morgan fingerprint density at radius 1 is 1.15 bits per heavy atom. The van der Waals surface area contributed by atoms with Gasteiger partial charge in [0, 0.05) is 43.6 Å². The zero-order valence-corrected chi connectivity index (χ0v) is 16.5. The lowest BCUT2D eigenvalue weighted by Gasteiger charge is -2.26. The van der Waals surface area contributed by atoms with Gasteiger partial charge >= 0.3 is 0 Å². The van der Waals surface area contributed by atoms with Crippen LogP contribution in [0.4, 0.5) is 5.82 Å². The molecule has 27 heavy (non-hydrogen) atoms. The number of fused-ring (bicyclic) bond motifs is 3. The summed E-state index contributed by atoms with van der Waals surface area (Å²) in [4.78, 5) is 11.9. The van der Waals surface area contributed by atoms with E-state index in [0.29, 0.717) is 0 Å². The van der Waals surface area contributed by atoms with Crippen molar-refractivity contribution in [1.29, 1.82) is 0 Å². The molecule has 7 heteroatoms. The van der Waals surface area contributed by atoms with Crippen LogP contribution in [0.15, 0.2) is 12.1 Å². The highest BCUT2D eigenvalue weighted by Crippen LogP contribution is 2.25. The van der Waals surface area contributed by atoms with Crippen molar-refractivity contribution in [2.75, 3.05) is 44.7 Å². The molecule has 7 nitrogen and oxygen atoms in total. The SMILES string of the molecule is CCCc1cc(NCCN2CCOCC2)n2nc3nc(C)cc(C)c3c2n1. The minimum Gasteiger partial charge on any atom is -0.379 e. The lowest BCUT2D eigenvalue weighted by Crippen LogP contribution is -2.39. The van der Waals surface area contributed by atoms with Gasteiger partial charge in [0.05, 0.1) is 18.6 Å². The second kappa shape index (κ2) is 7.78.